The van der Waals surface area contributed by atoms with Crippen molar-refractivity contribution in [2.24, 2.45) is 16.6 Å². The Morgan fingerprint density at radius 2 is 1.82 bits per heavy atom. The van der Waals surface area contributed by atoms with E-state index >= 15 is 0 Å². The van der Waals surface area contributed by atoms with Crippen molar-refractivity contribution in [3.8, 4) is 0 Å². The summed E-state index contributed by atoms with van der Waals surface area (Å²) in [5.41, 5.74) is 1.74. The first-order valence-corrected chi connectivity index (χ1v) is 6.77. The normalized spacial score (nSPS) is 62.4. The average molecular weight is 319 g/mol. The molecule has 0 aromatic heterocycles. The smallest absolute Gasteiger partial charge is 0.311 e. The second-order valence-corrected chi connectivity index (χ2v) is 6.22. The first-order valence-electron chi connectivity index (χ1n) is 6.77. The predicted octanol–water partition coefficient (Wildman–Crippen LogP) is -5.52. The topological polar surface area (TPSA) is 190 Å². The van der Waals surface area contributed by atoms with Gasteiger partial charge in [0.15, 0.2) is 18.3 Å². The molecule has 22 heavy (non-hydrogen) atoms. The summed E-state index contributed by atoms with van der Waals surface area (Å²) in [4.78, 5) is 3.70. The van der Waals surface area contributed by atoms with Crippen LogP contribution in [0.15, 0.2) is 4.99 Å². The molecule has 4 heterocycles. The van der Waals surface area contributed by atoms with Crippen molar-refractivity contribution in [1.29, 1.82) is 0 Å². The molecule has 124 valence electrons. The molecule has 4 bridgehead atoms. The van der Waals surface area contributed by atoms with E-state index < -0.39 is 60.3 Å². The number of aliphatic imine (C=N–C) groups is 1. The molecule has 0 aromatic carbocycles. The van der Waals surface area contributed by atoms with Crippen LogP contribution in [-0.2, 0) is 9.47 Å². The van der Waals surface area contributed by atoms with Crippen molar-refractivity contribution in [2.75, 3.05) is 6.61 Å². The first-order chi connectivity index (χ1) is 10.2. The zero-order chi connectivity index (χ0) is 16.1. The van der Waals surface area contributed by atoms with E-state index in [1.165, 1.54) is 0 Å². The van der Waals surface area contributed by atoms with E-state index in [-0.39, 0.29) is 5.96 Å². The number of ether oxygens (including phenoxy) is 2. The summed E-state index contributed by atoms with van der Waals surface area (Å²) in [7, 11) is 0. The van der Waals surface area contributed by atoms with Gasteiger partial charge in [-0.15, -0.1) is 0 Å². The minimum Gasteiger partial charge on any atom is -0.393 e. The van der Waals surface area contributed by atoms with E-state index in [0.29, 0.717) is 0 Å². The van der Waals surface area contributed by atoms with Crippen LogP contribution in [-0.4, -0.2) is 91.0 Å². The highest BCUT2D eigenvalue weighted by Gasteiger charge is 2.82. The van der Waals surface area contributed by atoms with Gasteiger partial charge in [0.2, 0.25) is 0 Å². The zero-order valence-corrected chi connectivity index (χ0v) is 11.2. The Kier molecular flexibility index (Phi) is 2.57. The molecule has 11 heteroatoms. The van der Waals surface area contributed by atoms with Crippen molar-refractivity contribution in [2.45, 2.75) is 47.8 Å². The summed E-state index contributed by atoms with van der Waals surface area (Å²) in [6, 6.07) is 0. The standard InChI is InChI=1S/C11H17N3O8/c12-8-13-6(17)2-4-9(19,1-15)5-3(16)10(2,14-8)7(18)11(20,21-4)22-5/h2-7,15-20H,1H2,(H3,12,13,14)/t2-,3-,4-,5+,6-,7+,9-,10-,11+/m1/s1. The Labute approximate surface area is 123 Å². The molecule has 1 saturated carbocycles. The fourth-order valence-electron chi connectivity index (χ4n) is 4.24. The summed E-state index contributed by atoms with van der Waals surface area (Å²) < 4.78 is 10.3. The van der Waals surface area contributed by atoms with Crippen molar-refractivity contribution >= 4 is 5.96 Å². The van der Waals surface area contributed by atoms with Gasteiger partial charge in [-0.05, 0) is 0 Å². The van der Waals surface area contributed by atoms with Crippen LogP contribution >= 0.6 is 0 Å². The van der Waals surface area contributed by atoms with Crippen molar-refractivity contribution in [3.63, 3.8) is 0 Å². The molecular formula is C11H17N3O8. The van der Waals surface area contributed by atoms with Gasteiger partial charge in [-0.2, -0.15) is 0 Å². The Balaban J connectivity index is 1.95. The first kappa shape index (κ1) is 14.5. The number of nitrogens with zero attached hydrogens (tertiary/aromatic N) is 1. The SMILES string of the molecule is NC1=N[C@H](O)[C@H]2[C@H]3O[C@]4(O)O[C@@H]([C@@H](O)[C@@]2(N1)[C@@H]4O)[C@@]3(O)CO. The lowest BCUT2D eigenvalue weighted by atomic mass is 9.55. The van der Waals surface area contributed by atoms with Gasteiger partial charge in [-0.1, -0.05) is 0 Å². The van der Waals surface area contributed by atoms with E-state index in [9.17, 15) is 30.6 Å². The summed E-state index contributed by atoms with van der Waals surface area (Å²) in [5.74, 6) is -3.95. The van der Waals surface area contributed by atoms with Gasteiger partial charge >= 0.3 is 5.97 Å². The van der Waals surface area contributed by atoms with Gasteiger partial charge in [0.1, 0.15) is 29.5 Å². The monoisotopic (exact) mass is 319 g/mol. The van der Waals surface area contributed by atoms with E-state index in [0.717, 1.165) is 0 Å². The predicted molar refractivity (Wildman–Crippen MR) is 65.7 cm³/mol. The number of nitrogens with one attached hydrogen (secondary N) is 1. The van der Waals surface area contributed by atoms with Gasteiger partial charge in [0, 0.05) is 0 Å². The van der Waals surface area contributed by atoms with Crippen LogP contribution in [0.5, 0.6) is 0 Å². The molecule has 4 aliphatic heterocycles. The van der Waals surface area contributed by atoms with Gasteiger partial charge in [-0.3, -0.25) is 0 Å². The largest absolute Gasteiger partial charge is 0.393 e. The molecular weight excluding hydrogens is 302 g/mol. The minimum atomic E-state index is -2.52. The lowest BCUT2D eigenvalue weighted by Gasteiger charge is -2.71. The van der Waals surface area contributed by atoms with Gasteiger partial charge < -0.3 is 51.2 Å². The van der Waals surface area contributed by atoms with Crippen LogP contribution in [0.25, 0.3) is 0 Å². The molecule has 0 amide bonds. The molecule has 4 fully saturated rings. The molecule has 5 rings (SSSR count). The molecule has 9 atom stereocenters. The van der Waals surface area contributed by atoms with Crippen LogP contribution in [0, 0.1) is 5.92 Å². The lowest BCUT2D eigenvalue weighted by molar-refractivity contribution is -0.548. The van der Waals surface area contributed by atoms with Crippen LogP contribution in [0.3, 0.4) is 0 Å². The van der Waals surface area contributed by atoms with E-state index in [1.54, 1.807) is 0 Å². The summed E-state index contributed by atoms with van der Waals surface area (Å²) in [6.45, 7) is -0.857. The lowest BCUT2D eigenvalue weighted by Crippen LogP contribution is -2.95. The fraction of sp³-hybridized carbons (Fsp3) is 0.909. The van der Waals surface area contributed by atoms with Crippen LogP contribution in [0.1, 0.15) is 0 Å². The summed E-state index contributed by atoms with van der Waals surface area (Å²) >= 11 is 0. The Morgan fingerprint density at radius 3 is 2.45 bits per heavy atom. The third-order valence-electron chi connectivity index (χ3n) is 5.22. The van der Waals surface area contributed by atoms with Crippen molar-refractivity contribution < 1.29 is 40.1 Å². The number of guanidine groups is 1. The van der Waals surface area contributed by atoms with Gasteiger partial charge in [0.25, 0.3) is 0 Å². The molecule has 9 N–H and O–H groups in total. The number of nitrogens with two attached hydrogens (primary N) is 1. The van der Waals surface area contributed by atoms with Crippen LogP contribution in [0.2, 0.25) is 0 Å². The number of rotatable bonds is 1. The van der Waals surface area contributed by atoms with Gasteiger partial charge in [0.05, 0.1) is 12.5 Å². The zero-order valence-electron chi connectivity index (χ0n) is 11.2. The van der Waals surface area contributed by atoms with E-state index in [4.69, 9.17) is 15.2 Å². The Morgan fingerprint density at radius 1 is 1.18 bits per heavy atom. The highest BCUT2D eigenvalue weighted by molar-refractivity contribution is 5.80. The molecule has 1 spiro atoms. The molecule has 0 unspecified atom stereocenters. The summed E-state index contributed by atoms with van der Waals surface area (Å²) in [5, 5.41) is 64.3. The maximum absolute atomic E-state index is 10.6. The molecule has 11 nitrogen and oxygen atoms in total. The van der Waals surface area contributed by atoms with E-state index in [1.807, 2.05) is 0 Å². The third-order valence-corrected chi connectivity index (χ3v) is 5.22. The molecule has 1 aliphatic carbocycles. The Hall–Kier alpha value is -1.05. The number of aliphatic hydroxyl groups is 6. The second-order valence-electron chi connectivity index (χ2n) is 6.22. The third kappa shape index (κ3) is 1.28. The fourth-order valence-corrected chi connectivity index (χ4v) is 4.24. The highest BCUT2D eigenvalue weighted by atomic mass is 16.9. The van der Waals surface area contributed by atoms with Gasteiger partial charge in [-0.25, -0.2) is 4.99 Å². The molecule has 0 aromatic rings. The molecule has 0 radical (unpaired) electrons. The van der Waals surface area contributed by atoms with E-state index in [2.05, 4.69) is 10.3 Å². The maximum atomic E-state index is 10.6. The molecule has 5 aliphatic rings. The second kappa shape index (κ2) is 3.88. The maximum Gasteiger partial charge on any atom is 0.311 e. The quantitative estimate of drug-likeness (QED) is 0.231. The summed E-state index contributed by atoms with van der Waals surface area (Å²) in [6.07, 6.45) is -7.77. The Bertz CT molecular complexity index is 561. The highest BCUT2D eigenvalue weighted by Crippen LogP contribution is 2.58. The number of hydrogen-bond donors (Lipinski definition) is 8. The molecule has 3 saturated heterocycles. The average Bonchev–Trinajstić information content (AvgIpc) is 2.45. The van der Waals surface area contributed by atoms with Crippen molar-refractivity contribution in [3.05, 3.63) is 0 Å². The van der Waals surface area contributed by atoms with Crippen LogP contribution < -0.4 is 11.1 Å². The number of hydrogen-bond acceptors (Lipinski definition) is 11. The number of aliphatic hydroxyl groups excluding tert-OH is 4. The minimum absolute atomic E-state index is 0.250. The van der Waals surface area contributed by atoms with Crippen molar-refractivity contribution in [1.82, 2.24) is 5.32 Å². The van der Waals surface area contributed by atoms with Crippen LogP contribution in [0.4, 0.5) is 0 Å².